The highest BCUT2D eigenvalue weighted by atomic mass is 16.2. The van der Waals surface area contributed by atoms with Gasteiger partial charge in [-0.15, -0.1) is 0 Å². The number of amides is 2. The second-order valence-corrected chi connectivity index (χ2v) is 6.54. The van der Waals surface area contributed by atoms with Gasteiger partial charge in [0.1, 0.15) is 0 Å². The molecule has 2 N–H and O–H groups in total. The van der Waals surface area contributed by atoms with Crippen LogP contribution in [0.5, 0.6) is 0 Å². The fourth-order valence-electron chi connectivity index (χ4n) is 3.33. The van der Waals surface area contributed by atoms with Crippen molar-refractivity contribution < 1.29 is 9.59 Å². The molecule has 0 saturated carbocycles. The number of nitrogens with zero attached hydrogens (tertiary/aromatic N) is 3. The molecule has 1 unspecified atom stereocenters. The van der Waals surface area contributed by atoms with E-state index >= 15 is 0 Å². The van der Waals surface area contributed by atoms with Crippen LogP contribution < -0.4 is 5.73 Å². The number of primary amides is 1. The minimum Gasteiger partial charge on any atom is -0.369 e. The molecule has 25 heavy (non-hydrogen) atoms. The molecule has 6 nitrogen and oxygen atoms in total. The molecular formula is C19H24N4O2. The Bertz CT molecular complexity index is 754. The molecule has 0 radical (unpaired) electrons. The number of benzene rings is 1. The standard InChI is InChI=1S/C19H24N4O2/c1-2-6-17-16(19(25)22-10-9-15(13-22)18(20)24)11-21-23(17)12-14-7-4-3-5-8-14/h3-5,7-8,11,15H,2,6,9-10,12-13H2,1H3,(H2,20,24). The van der Waals surface area contributed by atoms with Gasteiger partial charge >= 0.3 is 0 Å². The summed E-state index contributed by atoms with van der Waals surface area (Å²) in [5.41, 5.74) is 8.12. The van der Waals surface area contributed by atoms with E-state index in [1.807, 2.05) is 22.9 Å². The fraction of sp³-hybridized carbons (Fsp3) is 0.421. The van der Waals surface area contributed by atoms with Gasteiger partial charge in [0.2, 0.25) is 5.91 Å². The summed E-state index contributed by atoms with van der Waals surface area (Å²) in [5, 5.41) is 4.45. The van der Waals surface area contributed by atoms with Crippen LogP contribution in [0.15, 0.2) is 36.5 Å². The van der Waals surface area contributed by atoms with Gasteiger partial charge in [-0.3, -0.25) is 14.3 Å². The molecule has 6 heteroatoms. The smallest absolute Gasteiger partial charge is 0.257 e. The summed E-state index contributed by atoms with van der Waals surface area (Å²) in [4.78, 5) is 26.0. The van der Waals surface area contributed by atoms with E-state index in [1.165, 1.54) is 0 Å². The Balaban J connectivity index is 1.81. The highest BCUT2D eigenvalue weighted by molar-refractivity contribution is 5.95. The Morgan fingerprint density at radius 1 is 1.28 bits per heavy atom. The predicted molar refractivity (Wildman–Crippen MR) is 95.0 cm³/mol. The number of aromatic nitrogens is 2. The van der Waals surface area contributed by atoms with Gasteiger partial charge in [-0.1, -0.05) is 43.7 Å². The zero-order valence-corrected chi connectivity index (χ0v) is 14.5. The lowest BCUT2D eigenvalue weighted by atomic mass is 10.1. The molecule has 1 aromatic carbocycles. The summed E-state index contributed by atoms with van der Waals surface area (Å²) in [6.45, 7) is 3.71. The van der Waals surface area contributed by atoms with Crippen molar-refractivity contribution >= 4 is 11.8 Å². The largest absolute Gasteiger partial charge is 0.369 e. The summed E-state index contributed by atoms with van der Waals surface area (Å²) in [5.74, 6) is -0.617. The topological polar surface area (TPSA) is 81.2 Å². The van der Waals surface area contributed by atoms with Crippen LogP contribution in [-0.4, -0.2) is 39.6 Å². The van der Waals surface area contributed by atoms with Crippen LogP contribution in [0.3, 0.4) is 0 Å². The van der Waals surface area contributed by atoms with Crippen molar-refractivity contribution in [3.05, 3.63) is 53.3 Å². The third-order valence-corrected chi connectivity index (χ3v) is 4.72. The lowest BCUT2D eigenvalue weighted by Gasteiger charge is -2.16. The average Bonchev–Trinajstić information content (AvgIpc) is 3.24. The van der Waals surface area contributed by atoms with Crippen LogP contribution in [0.4, 0.5) is 0 Å². The Hall–Kier alpha value is -2.63. The van der Waals surface area contributed by atoms with E-state index in [9.17, 15) is 9.59 Å². The van der Waals surface area contributed by atoms with Crippen LogP contribution in [0, 0.1) is 5.92 Å². The molecule has 3 rings (SSSR count). The maximum atomic E-state index is 12.9. The molecule has 1 saturated heterocycles. The summed E-state index contributed by atoms with van der Waals surface area (Å²) in [7, 11) is 0. The first kappa shape index (κ1) is 17.2. The molecule has 2 amide bonds. The van der Waals surface area contributed by atoms with Gasteiger partial charge in [0, 0.05) is 13.1 Å². The number of carbonyl (C=O) groups is 2. The number of rotatable bonds is 6. The van der Waals surface area contributed by atoms with Crippen molar-refractivity contribution in [2.45, 2.75) is 32.7 Å². The first-order chi connectivity index (χ1) is 12.1. The molecule has 1 fully saturated rings. The van der Waals surface area contributed by atoms with E-state index < -0.39 is 0 Å². The Morgan fingerprint density at radius 2 is 2.04 bits per heavy atom. The highest BCUT2D eigenvalue weighted by Crippen LogP contribution is 2.21. The first-order valence-corrected chi connectivity index (χ1v) is 8.77. The molecule has 1 aliphatic heterocycles. The highest BCUT2D eigenvalue weighted by Gasteiger charge is 2.31. The second-order valence-electron chi connectivity index (χ2n) is 6.54. The molecule has 1 aliphatic rings. The van der Waals surface area contributed by atoms with E-state index in [4.69, 9.17) is 5.73 Å². The van der Waals surface area contributed by atoms with Crippen LogP contribution in [0.2, 0.25) is 0 Å². The third-order valence-electron chi connectivity index (χ3n) is 4.72. The van der Waals surface area contributed by atoms with Crippen molar-refractivity contribution in [2.24, 2.45) is 11.7 Å². The molecule has 0 spiro atoms. The Kier molecular flexibility index (Phi) is 5.16. The van der Waals surface area contributed by atoms with Gasteiger partial charge < -0.3 is 10.6 Å². The van der Waals surface area contributed by atoms with Crippen LogP contribution >= 0.6 is 0 Å². The number of carbonyl (C=O) groups excluding carboxylic acids is 2. The summed E-state index contributed by atoms with van der Waals surface area (Å²) >= 11 is 0. The fourth-order valence-corrected chi connectivity index (χ4v) is 3.33. The molecular weight excluding hydrogens is 316 g/mol. The normalized spacial score (nSPS) is 17.0. The zero-order chi connectivity index (χ0) is 17.8. The van der Waals surface area contributed by atoms with Gasteiger partial charge in [-0.05, 0) is 18.4 Å². The summed E-state index contributed by atoms with van der Waals surface area (Å²) < 4.78 is 1.91. The second kappa shape index (κ2) is 7.51. The lowest BCUT2D eigenvalue weighted by Crippen LogP contribution is -2.32. The van der Waals surface area contributed by atoms with Gasteiger partial charge in [0.05, 0.1) is 29.9 Å². The SMILES string of the molecule is CCCc1c(C(=O)N2CCC(C(N)=O)C2)cnn1Cc1ccccc1. The zero-order valence-electron chi connectivity index (χ0n) is 14.5. The van der Waals surface area contributed by atoms with Crippen molar-refractivity contribution in [1.29, 1.82) is 0 Å². The van der Waals surface area contributed by atoms with E-state index in [0.29, 0.717) is 31.6 Å². The summed E-state index contributed by atoms with van der Waals surface area (Å²) in [6.07, 6.45) is 4.03. The average molecular weight is 340 g/mol. The maximum absolute atomic E-state index is 12.9. The van der Waals surface area contributed by atoms with E-state index in [2.05, 4.69) is 24.2 Å². The minimum atomic E-state index is -0.330. The summed E-state index contributed by atoms with van der Waals surface area (Å²) in [6, 6.07) is 10.1. The molecule has 0 bridgehead atoms. The predicted octanol–water partition coefficient (Wildman–Crippen LogP) is 1.83. The molecule has 0 aliphatic carbocycles. The first-order valence-electron chi connectivity index (χ1n) is 8.77. The van der Waals surface area contributed by atoms with Gasteiger partial charge in [-0.2, -0.15) is 5.10 Å². The molecule has 2 aromatic rings. The lowest BCUT2D eigenvalue weighted by molar-refractivity contribution is -0.121. The molecule has 1 atom stereocenters. The van der Waals surface area contributed by atoms with E-state index in [-0.39, 0.29) is 17.7 Å². The molecule has 132 valence electrons. The Morgan fingerprint density at radius 3 is 2.68 bits per heavy atom. The monoisotopic (exact) mass is 340 g/mol. The van der Waals surface area contributed by atoms with Crippen molar-refractivity contribution in [3.63, 3.8) is 0 Å². The van der Waals surface area contributed by atoms with Crippen LogP contribution in [-0.2, 0) is 17.8 Å². The number of likely N-dealkylation sites (tertiary alicyclic amines) is 1. The molecule has 1 aromatic heterocycles. The van der Waals surface area contributed by atoms with Crippen LogP contribution in [0.25, 0.3) is 0 Å². The van der Waals surface area contributed by atoms with Crippen molar-refractivity contribution in [3.8, 4) is 0 Å². The molecule has 2 heterocycles. The van der Waals surface area contributed by atoms with Crippen molar-refractivity contribution in [2.75, 3.05) is 13.1 Å². The van der Waals surface area contributed by atoms with Gasteiger partial charge in [0.25, 0.3) is 5.91 Å². The number of hydrogen-bond donors (Lipinski definition) is 1. The minimum absolute atomic E-state index is 0.0495. The van der Waals surface area contributed by atoms with E-state index in [0.717, 1.165) is 24.1 Å². The van der Waals surface area contributed by atoms with E-state index in [1.54, 1.807) is 11.1 Å². The number of hydrogen-bond acceptors (Lipinski definition) is 3. The Labute approximate surface area is 147 Å². The van der Waals surface area contributed by atoms with Crippen LogP contribution in [0.1, 0.15) is 41.4 Å². The maximum Gasteiger partial charge on any atom is 0.257 e. The van der Waals surface area contributed by atoms with Crippen molar-refractivity contribution in [1.82, 2.24) is 14.7 Å². The third kappa shape index (κ3) is 3.73. The van der Waals surface area contributed by atoms with Gasteiger partial charge in [-0.25, -0.2) is 0 Å². The number of nitrogens with two attached hydrogens (primary N) is 1. The quantitative estimate of drug-likeness (QED) is 0.871. The van der Waals surface area contributed by atoms with Gasteiger partial charge in [0.15, 0.2) is 0 Å².